The summed E-state index contributed by atoms with van der Waals surface area (Å²) in [6.45, 7) is 3.98. The van der Waals surface area contributed by atoms with E-state index >= 15 is 0 Å². The molecule has 2 aliphatic heterocycles. The van der Waals surface area contributed by atoms with Gasteiger partial charge in [-0.1, -0.05) is 0 Å². The summed E-state index contributed by atoms with van der Waals surface area (Å²) in [5.74, 6) is 2.88. The van der Waals surface area contributed by atoms with Crippen molar-refractivity contribution in [3.63, 3.8) is 0 Å². The van der Waals surface area contributed by atoms with Crippen LogP contribution in [0.4, 0.5) is 0 Å². The summed E-state index contributed by atoms with van der Waals surface area (Å²) in [5.41, 5.74) is 0.934. The Morgan fingerprint density at radius 2 is 1.70 bits per heavy atom. The molecule has 1 atom stereocenters. The fraction of sp³-hybridized carbons (Fsp3) is 0.619. The molecule has 30 heavy (non-hydrogen) atoms. The molecule has 0 aromatic heterocycles. The summed E-state index contributed by atoms with van der Waals surface area (Å²) in [6, 6.07) is 3.71. The highest BCUT2D eigenvalue weighted by molar-refractivity contribution is 5.83. The van der Waals surface area contributed by atoms with E-state index in [9.17, 15) is 4.79 Å². The zero-order valence-electron chi connectivity index (χ0n) is 18.3. The lowest BCUT2D eigenvalue weighted by molar-refractivity contribution is -0.142. The van der Waals surface area contributed by atoms with Gasteiger partial charge in [0.2, 0.25) is 0 Å². The molecule has 2 heterocycles. The smallest absolute Gasteiger partial charge is 0.251 e. The maximum atomic E-state index is 12.5. The third-order valence-electron chi connectivity index (χ3n) is 5.53. The van der Waals surface area contributed by atoms with Gasteiger partial charge in [-0.3, -0.25) is 9.79 Å². The maximum absolute atomic E-state index is 12.5. The normalized spacial score (nSPS) is 19.6. The van der Waals surface area contributed by atoms with Gasteiger partial charge >= 0.3 is 0 Å². The van der Waals surface area contributed by atoms with Gasteiger partial charge in [-0.25, -0.2) is 0 Å². The van der Waals surface area contributed by atoms with Crippen molar-refractivity contribution < 1.29 is 23.7 Å². The monoisotopic (exact) mass is 420 g/mol. The highest BCUT2D eigenvalue weighted by Gasteiger charge is 2.31. The second kappa shape index (κ2) is 10.4. The van der Waals surface area contributed by atoms with E-state index < -0.39 is 0 Å². The second-order valence-corrected chi connectivity index (χ2v) is 7.23. The van der Waals surface area contributed by atoms with Crippen LogP contribution in [0.15, 0.2) is 17.1 Å². The number of aliphatic imine (C=N–C) groups is 1. The van der Waals surface area contributed by atoms with Crippen molar-refractivity contribution in [2.45, 2.75) is 25.5 Å². The molecule has 2 saturated heterocycles. The minimum absolute atomic E-state index is 0.116. The molecular formula is C21H32N4O5. The van der Waals surface area contributed by atoms with E-state index in [-0.39, 0.29) is 12.0 Å². The van der Waals surface area contributed by atoms with Crippen LogP contribution in [0, 0.1) is 0 Å². The molecular weight excluding hydrogens is 388 g/mol. The van der Waals surface area contributed by atoms with Crippen LogP contribution < -0.4 is 19.5 Å². The van der Waals surface area contributed by atoms with Gasteiger partial charge in [0.15, 0.2) is 17.5 Å². The molecule has 0 saturated carbocycles. The van der Waals surface area contributed by atoms with Gasteiger partial charge < -0.3 is 34.1 Å². The van der Waals surface area contributed by atoms with E-state index in [1.807, 2.05) is 17.0 Å². The van der Waals surface area contributed by atoms with Crippen molar-refractivity contribution in [3.05, 3.63) is 17.7 Å². The summed E-state index contributed by atoms with van der Waals surface area (Å²) >= 11 is 0. The molecule has 9 heteroatoms. The van der Waals surface area contributed by atoms with Crippen LogP contribution in [0.2, 0.25) is 0 Å². The molecule has 0 bridgehead atoms. The summed E-state index contributed by atoms with van der Waals surface area (Å²) in [7, 11) is 6.60. The molecule has 1 N–H and O–H groups in total. The molecule has 1 unspecified atom stereocenters. The Labute approximate surface area is 177 Å². The van der Waals surface area contributed by atoms with E-state index in [0.717, 1.165) is 37.5 Å². The lowest BCUT2D eigenvalue weighted by Gasteiger charge is -2.37. The van der Waals surface area contributed by atoms with E-state index in [1.165, 1.54) is 0 Å². The maximum Gasteiger partial charge on any atom is 0.251 e. The van der Waals surface area contributed by atoms with Crippen molar-refractivity contribution >= 4 is 11.9 Å². The van der Waals surface area contributed by atoms with Crippen molar-refractivity contribution in [1.82, 2.24) is 15.1 Å². The number of nitrogens with one attached hydrogen (secondary N) is 1. The van der Waals surface area contributed by atoms with E-state index in [1.54, 1.807) is 28.4 Å². The average Bonchev–Trinajstić information content (AvgIpc) is 3.33. The van der Waals surface area contributed by atoms with Crippen LogP contribution in [0.25, 0.3) is 0 Å². The zero-order valence-corrected chi connectivity index (χ0v) is 18.3. The van der Waals surface area contributed by atoms with Gasteiger partial charge in [0.1, 0.15) is 11.9 Å². The fourth-order valence-electron chi connectivity index (χ4n) is 3.85. The van der Waals surface area contributed by atoms with Crippen LogP contribution in [0.1, 0.15) is 18.4 Å². The Bertz CT molecular complexity index is 756. The lowest BCUT2D eigenvalue weighted by Crippen LogP contribution is -2.55. The molecule has 9 nitrogen and oxygen atoms in total. The molecule has 3 rings (SSSR count). The van der Waals surface area contributed by atoms with Crippen LogP contribution in [0.5, 0.6) is 17.2 Å². The van der Waals surface area contributed by atoms with Gasteiger partial charge in [0.25, 0.3) is 5.91 Å². The standard InChI is InChI=1S/C21H32N4O5/c1-22-21(23-14-15-12-18(28-3)19(29-4)13-17(15)27-2)25-9-7-24(8-10-25)20(26)16-6-5-11-30-16/h12-13,16H,5-11,14H2,1-4H3,(H,22,23). The fourth-order valence-corrected chi connectivity index (χ4v) is 3.85. The van der Waals surface area contributed by atoms with Crippen molar-refractivity contribution in [3.8, 4) is 17.2 Å². The minimum atomic E-state index is -0.258. The number of hydrogen-bond donors (Lipinski definition) is 1. The summed E-state index contributed by atoms with van der Waals surface area (Å²) in [5, 5.41) is 3.39. The van der Waals surface area contributed by atoms with Crippen LogP contribution in [-0.4, -0.2) is 88.9 Å². The van der Waals surface area contributed by atoms with Gasteiger partial charge in [-0.2, -0.15) is 0 Å². The number of carbonyl (C=O) groups is 1. The number of benzene rings is 1. The first-order chi connectivity index (χ1) is 14.6. The van der Waals surface area contributed by atoms with E-state index in [4.69, 9.17) is 18.9 Å². The first kappa shape index (κ1) is 22.0. The quantitative estimate of drug-likeness (QED) is 0.545. The highest BCUT2D eigenvalue weighted by atomic mass is 16.5. The third-order valence-corrected chi connectivity index (χ3v) is 5.53. The number of carbonyl (C=O) groups excluding carboxylic acids is 1. The predicted molar refractivity (Wildman–Crippen MR) is 113 cm³/mol. The van der Waals surface area contributed by atoms with E-state index in [0.29, 0.717) is 43.5 Å². The summed E-state index contributed by atoms with van der Waals surface area (Å²) < 4.78 is 21.8. The lowest BCUT2D eigenvalue weighted by atomic mass is 10.1. The predicted octanol–water partition coefficient (Wildman–Crippen LogP) is 1.11. The second-order valence-electron chi connectivity index (χ2n) is 7.23. The number of guanidine groups is 1. The van der Waals surface area contributed by atoms with Gasteiger partial charge in [0, 0.05) is 58.0 Å². The first-order valence-corrected chi connectivity index (χ1v) is 10.3. The number of hydrogen-bond acceptors (Lipinski definition) is 6. The van der Waals surface area contributed by atoms with Crippen LogP contribution in [0.3, 0.4) is 0 Å². The number of ether oxygens (including phenoxy) is 4. The number of rotatable bonds is 6. The van der Waals surface area contributed by atoms with Gasteiger partial charge in [-0.05, 0) is 18.9 Å². The Kier molecular flexibility index (Phi) is 7.62. The molecule has 2 aliphatic rings. The molecule has 0 radical (unpaired) electrons. The van der Waals surface area contributed by atoms with E-state index in [2.05, 4.69) is 15.2 Å². The number of piperazine rings is 1. The Morgan fingerprint density at radius 1 is 1.07 bits per heavy atom. The van der Waals surface area contributed by atoms with Gasteiger partial charge in [0.05, 0.1) is 21.3 Å². The molecule has 166 valence electrons. The number of methoxy groups -OCH3 is 3. The van der Waals surface area contributed by atoms with Gasteiger partial charge in [-0.15, -0.1) is 0 Å². The van der Waals surface area contributed by atoms with Crippen molar-refractivity contribution in [1.29, 1.82) is 0 Å². The highest BCUT2D eigenvalue weighted by Crippen LogP contribution is 2.34. The zero-order chi connectivity index (χ0) is 21.5. The number of nitrogens with zero attached hydrogens (tertiary/aromatic N) is 3. The molecule has 1 aromatic rings. The molecule has 2 fully saturated rings. The molecule has 0 spiro atoms. The number of amides is 1. The Balaban J connectivity index is 1.58. The first-order valence-electron chi connectivity index (χ1n) is 10.3. The summed E-state index contributed by atoms with van der Waals surface area (Å²) in [4.78, 5) is 21.0. The molecule has 1 aromatic carbocycles. The SMILES string of the molecule is CN=C(NCc1cc(OC)c(OC)cc1OC)N1CCN(C(=O)C2CCCO2)CC1. The Morgan fingerprint density at radius 3 is 2.27 bits per heavy atom. The van der Waals surface area contributed by atoms with Crippen molar-refractivity contribution in [2.24, 2.45) is 4.99 Å². The summed E-state index contributed by atoms with van der Waals surface area (Å²) in [6.07, 6.45) is 1.54. The van der Waals surface area contributed by atoms with Crippen LogP contribution in [-0.2, 0) is 16.1 Å². The Hall–Kier alpha value is -2.68. The molecule has 0 aliphatic carbocycles. The average molecular weight is 421 g/mol. The third kappa shape index (κ3) is 4.89. The van der Waals surface area contributed by atoms with Crippen LogP contribution >= 0.6 is 0 Å². The minimum Gasteiger partial charge on any atom is -0.496 e. The molecule has 1 amide bonds. The topological polar surface area (TPSA) is 84.9 Å². The van der Waals surface area contributed by atoms with Crippen molar-refractivity contribution in [2.75, 3.05) is 61.2 Å². The largest absolute Gasteiger partial charge is 0.496 e.